The van der Waals surface area contributed by atoms with Gasteiger partial charge in [-0.1, -0.05) is 6.07 Å². The van der Waals surface area contributed by atoms with Crippen molar-refractivity contribution in [3.63, 3.8) is 0 Å². The van der Waals surface area contributed by atoms with Crippen LogP contribution in [-0.4, -0.2) is 28.5 Å². The number of hydrogen-bond acceptors (Lipinski definition) is 6. The second-order valence-electron chi connectivity index (χ2n) is 4.56. The number of nitro groups is 1. The van der Waals surface area contributed by atoms with Crippen LogP contribution in [-0.2, 0) is 0 Å². The molecule has 0 heterocycles. The largest absolute Gasteiger partial charge is 0.502 e. The summed E-state index contributed by atoms with van der Waals surface area (Å²) in [5.41, 5.74) is 3.37. The molecule has 0 aliphatic rings. The van der Waals surface area contributed by atoms with Crippen LogP contribution in [0.25, 0.3) is 0 Å². The lowest BCUT2D eigenvalue weighted by molar-refractivity contribution is -0.385. The van der Waals surface area contributed by atoms with E-state index in [2.05, 4.69) is 15.8 Å². The van der Waals surface area contributed by atoms with E-state index in [4.69, 9.17) is 17.0 Å². The Kier molecular flexibility index (Phi) is 5.63. The predicted octanol–water partition coefficient (Wildman–Crippen LogP) is 2.63. The summed E-state index contributed by atoms with van der Waals surface area (Å²) in [5.74, 6) is 0.281. The van der Waals surface area contributed by atoms with Gasteiger partial charge in [-0.15, -0.1) is 0 Å². The molecule has 0 aliphatic heterocycles. The summed E-state index contributed by atoms with van der Waals surface area (Å²) in [4.78, 5) is 10.1. The highest BCUT2D eigenvalue weighted by Gasteiger charge is 2.12. The van der Waals surface area contributed by atoms with Gasteiger partial charge in [0.25, 0.3) is 0 Å². The van der Waals surface area contributed by atoms with E-state index in [1.807, 2.05) is 12.1 Å². The van der Waals surface area contributed by atoms with Crippen molar-refractivity contribution >= 4 is 34.9 Å². The summed E-state index contributed by atoms with van der Waals surface area (Å²) in [5, 5.41) is 27.2. The van der Waals surface area contributed by atoms with Gasteiger partial charge in [0.15, 0.2) is 10.9 Å². The molecular formula is C15H14N4O4S. The molecule has 0 amide bonds. The molecule has 0 bridgehead atoms. The Bertz CT molecular complexity index is 795. The molecule has 24 heavy (non-hydrogen) atoms. The Morgan fingerprint density at radius 2 is 2.17 bits per heavy atom. The van der Waals surface area contributed by atoms with E-state index in [1.165, 1.54) is 24.4 Å². The first-order chi connectivity index (χ1) is 11.5. The second kappa shape index (κ2) is 7.88. The highest BCUT2D eigenvalue weighted by Crippen LogP contribution is 2.25. The molecule has 0 atom stereocenters. The van der Waals surface area contributed by atoms with Gasteiger partial charge in [0.1, 0.15) is 5.75 Å². The number of phenolic OH excluding ortho intramolecular Hbond substituents is 1. The molecule has 0 spiro atoms. The van der Waals surface area contributed by atoms with Crippen LogP contribution in [0.15, 0.2) is 47.6 Å². The summed E-state index contributed by atoms with van der Waals surface area (Å²) in [6, 6.07) is 11.1. The van der Waals surface area contributed by atoms with Crippen LogP contribution >= 0.6 is 12.2 Å². The SMILES string of the molecule is COc1cccc(NC(=S)NN=Cc2ccc(O)c([N+](=O)[O-])c2)c1. The fraction of sp³-hybridized carbons (Fsp3) is 0.0667. The first-order valence-electron chi connectivity index (χ1n) is 6.71. The number of hydrazone groups is 1. The Hall–Kier alpha value is -3.20. The number of nitrogens with one attached hydrogen (secondary N) is 2. The lowest BCUT2D eigenvalue weighted by Crippen LogP contribution is -2.23. The molecule has 3 N–H and O–H groups in total. The second-order valence-corrected chi connectivity index (χ2v) is 4.97. The number of aromatic hydroxyl groups is 1. The van der Waals surface area contributed by atoms with Crippen molar-refractivity contribution in [3.05, 3.63) is 58.1 Å². The Morgan fingerprint density at radius 1 is 1.38 bits per heavy atom. The molecule has 0 aromatic heterocycles. The fourth-order valence-corrected chi connectivity index (χ4v) is 1.96. The molecule has 2 aromatic rings. The summed E-state index contributed by atoms with van der Waals surface area (Å²) < 4.78 is 5.11. The molecule has 2 aromatic carbocycles. The van der Waals surface area contributed by atoms with Gasteiger partial charge < -0.3 is 15.2 Å². The Morgan fingerprint density at radius 3 is 2.88 bits per heavy atom. The zero-order valence-electron chi connectivity index (χ0n) is 12.6. The normalized spacial score (nSPS) is 10.4. The van der Waals surface area contributed by atoms with Gasteiger partial charge in [0, 0.05) is 23.4 Å². The average molecular weight is 346 g/mol. The summed E-state index contributed by atoms with van der Waals surface area (Å²) >= 11 is 5.09. The molecule has 0 saturated carbocycles. The molecule has 0 fully saturated rings. The lowest BCUT2D eigenvalue weighted by atomic mass is 10.2. The summed E-state index contributed by atoms with van der Waals surface area (Å²) in [7, 11) is 1.57. The van der Waals surface area contributed by atoms with Crippen LogP contribution in [0.5, 0.6) is 11.5 Å². The van der Waals surface area contributed by atoms with Crippen LogP contribution in [0.4, 0.5) is 11.4 Å². The lowest BCUT2D eigenvalue weighted by Gasteiger charge is -2.08. The smallest absolute Gasteiger partial charge is 0.311 e. The number of nitro benzene ring substituents is 1. The molecule has 0 saturated heterocycles. The van der Waals surface area contributed by atoms with E-state index >= 15 is 0 Å². The van der Waals surface area contributed by atoms with Crippen molar-refractivity contribution in [1.82, 2.24) is 5.43 Å². The zero-order chi connectivity index (χ0) is 17.5. The van der Waals surface area contributed by atoms with E-state index in [9.17, 15) is 15.2 Å². The van der Waals surface area contributed by atoms with E-state index in [0.29, 0.717) is 11.3 Å². The van der Waals surface area contributed by atoms with Gasteiger partial charge in [-0.25, -0.2) is 0 Å². The zero-order valence-corrected chi connectivity index (χ0v) is 13.4. The first-order valence-corrected chi connectivity index (χ1v) is 7.12. The highest BCUT2D eigenvalue weighted by molar-refractivity contribution is 7.80. The maximum Gasteiger partial charge on any atom is 0.311 e. The molecule has 0 aliphatic carbocycles. The number of rotatable bonds is 5. The number of benzene rings is 2. The van der Waals surface area contributed by atoms with E-state index in [0.717, 1.165) is 5.69 Å². The van der Waals surface area contributed by atoms with Gasteiger partial charge in [0.05, 0.1) is 18.2 Å². The van der Waals surface area contributed by atoms with Crippen LogP contribution in [0.3, 0.4) is 0 Å². The number of ether oxygens (including phenoxy) is 1. The molecule has 2 rings (SSSR count). The molecular weight excluding hydrogens is 332 g/mol. The number of nitrogens with zero attached hydrogens (tertiary/aromatic N) is 2. The van der Waals surface area contributed by atoms with E-state index in [-0.39, 0.29) is 5.11 Å². The van der Waals surface area contributed by atoms with E-state index < -0.39 is 16.4 Å². The number of hydrogen-bond donors (Lipinski definition) is 3. The molecule has 0 unspecified atom stereocenters. The third-order valence-electron chi connectivity index (χ3n) is 2.90. The fourth-order valence-electron chi connectivity index (χ4n) is 1.79. The van der Waals surface area contributed by atoms with Gasteiger partial charge in [-0.2, -0.15) is 5.10 Å². The summed E-state index contributed by atoms with van der Waals surface area (Å²) in [6.45, 7) is 0. The Balaban J connectivity index is 1.97. The van der Waals surface area contributed by atoms with Crippen molar-refractivity contribution in [2.24, 2.45) is 5.10 Å². The van der Waals surface area contributed by atoms with Crippen LogP contribution in [0.1, 0.15) is 5.56 Å². The number of methoxy groups -OCH3 is 1. The minimum atomic E-state index is -0.672. The number of anilines is 1. The van der Waals surface area contributed by atoms with Gasteiger partial charge in [-0.05, 0) is 36.5 Å². The van der Waals surface area contributed by atoms with Crippen LogP contribution < -0.4 is 15.5 Å². The molecule has 124 valence electrons. The van der Waals surface area contributed by atoms with E-state index in [1.54, 1.807) is 19.2 Å². The standard InChI is InChI=1S/C15H14N4O4S/c1-23-12-4-2-3-11(8-12)17-15(24)18-16-9-10-5-6-14(20)13(7-10)19(21)22/h2-9,20H,1H3,(H2,17,18,24). The molecule has 8 nitrogen and oxygen atoms in total. The van der Waals surface area contributed by atoms with Crippen LogP contribution in [0.2, 0.25) is 0 Å². The Labute approximate surface area is 142 Å². The predicted molar refractivity (Wildman–Crippen MR) is 94.7 cm³/mol. The van der Waals surface area contributed by atoms with Crippen molar-refractivity contribution in [2.75, 3.05) is 12.4 Å². The monoisotopic (exact) mass is 346 g/mol. The van der Waals surface area contributed by atoms with Crippen LogP contribution in [0, 0.1) is 10.1 Å². The highest BCUT2D eigenvalue weighted by atomic mass is 32.1. The minimum absolute atomic E-state index is 0.243. The van der Waals surface area contributed by atoms with Gasteiger partial charge in [0.2, 0.25) is 0 Å². The molecule has 0 radical (unpaired) electrons. The minimum Gasteiger partial charge on any atom is -0.502 e. The van der Waals surface area contributed by atoms with Crippen molar-refractivity contribution in [1.29, 1.82) is 0 Å². The van der Waals surface area contributed by atoms with Gasteiger partial charge >= 0.3 is 5.69 Å². The van der Waals surface area contributed by atoms with Gasteiger partial charge in [-0.3, -0.25) is 15.5 Å². The summed E-state index contributed by atoms with van der Waals surface area (Å²) in [6.07, 6.45) is 1.35. The first kappa shape index (κ1) is 17.2. The number of phenols is 1. The maximum atomic E-state index is 10.8. The maximum absolute atomic E-state index is 10.8. The third-order valence-corrected chi connectivity index (χ3v) is 3.10. The number of thiocarbonyl (C=S) groups is 1. The quantitative estimate of drug-likeness (QED) is 0.330. The molecule has 9 heteroatoms. The average Bonchev–Trinajstić information content (AvgIpc) is 2.56. The topological polar surface area (TPSA) is 109 Å². The van der Waals surface area contributed by atoms with Crippen molar-refractivity contribution < 1.29 is 14.8 Å². The van der Waals surface area contributed by atoms with Crippen molar-refractivity contribution in [2.45, 2.75) is 0 Å². The van der Waals surface area contributed by atoms with Crippen molar-refractivity contribution in [3.8, 4) is 11.5 Å². The third kappa shape index (κ3) is 4.65.